The topological polar surface area (TPSA) is 34.3 Å². The minimum atomic E-state index is -0.416. The molecule has 0 spiro atoms. The molecule has 2 fully saturated rings. The van der Waals surface area contributed by atoms with E-state index in [1.54, 1.807) is 0 Å². The Kier molecular flexibility index (Phi) is 4.08. The minimum Gasteiger partial charge on any atom is -0.376 e. The maximum absolute atomic E-state index is 5.90. The van der Waals surface area contributed by atoms with Gasteiger partial charge in [0.1, 0.15) is 23.4 Å². The van der Waals surface area contributed by atoms with E-state index in [0.29, 0.717) is 13.2 Å². The first-order valence-electron chi connectivity index (χ1n) is 8.57. The van der Waals surface area contributed by atoms with E-state index in [9.17, 15) is 0 Å². The van der Waals surface area contributed by atoms with Gasteiger partial charge >= 0.3 is 0 Å². The summed E-state index contributed by atoms with van der Waals surface area (Å²) in [5, 5.41) is 0. The van der Waals surface area contributed by atoms with Crippen LogP contribution in [-0.4, -0.2) is 25.4 Å². The van der Waals surface area contributed by atoms with Crippen molar-refractivity contribution in [2.24, 2.45) is 0 Å². The number of hydrogen-bond donors (Lipinski definition) is 0. The molecule has 0 N–H and O–H groups in total. The minimum absolute atomic E-state index is 0.000932. The lowest BCUT2D eigenvalue weighted by molar-refractivity contribution is 0.101. The molecule has 2 aliphatic rings. The molecule has 128 valence electrons. The molecule has 0 amide bonds. The fraction of sp³-hybridized carbons (Fsp3) is 0.273. The van der Waals surface area contributed by atoms with E-state index in [2.05, 4.69) is 37.4 Å². The van der Waals surface area contributed by atoms with Crippen molar-refractivity contribution in [1.82, 2.24) is 0 Å². The highest BCUT2D eigenvalue weighted by molar-refractivity contribution is 5.35. The Bertz CT molecular complexity index is 692. The van der Waals surface area contributed by atoms with Gasteiger partial charge in [-0.05, 0) is 11.1 Å². The molecular formula is C22H22O3. The van der Waals surface area contributed by atoms with Crippen LogP contribution in [0.1, 0.15) is 11.1 Å². The first kappa shape index (κ1) is 16.3. The maximum Gasteiger partial charge on any atom is 0.140 e. The molecule has 2 aliphatic heterocycles. The molecular weight excluding hydrogens is 312 g/mol. The smallest absolute Gasteiger partial charge is 0.140 e. The molecule has 0 aliphatic carbocycles. The third-order valence-electron chi connectivity index (χ3n) is 5.11. The van der Waals surface area contributed by atoms with E-state index in [0.717, 1.165) is 11.1 Å². The Hall–Kier alpha value is -2.20. The number of ether oxygens (including phenoxy) is 3. The van der Waals surface area contributed by atoms with Gasteiger partial charge in [0.15, 0.2) is 0 Å². The highest BCUT2D eigenvalue weighted by Crippen LogP contribution is 2.49. The van der Waals surface area contributed by atoms with Crippen LogP contribution in [0.25, 0.3) is 0 Å². The average molecular weight is 334 g/mol. The number of hydrogen-bond acceptors (Lipinski definition) is 3. The summed E-state index contributed by atoms with van der Waals surface area (Å²) in [7, 11) is 0. The van der Waals surface area contributed by atoms with Gasteiger partial charge in [-0.2, -0.15) is 0 Å². The number of rotatable bonds is 8. The Morgan fingerprint density at radius 2 is 1.16 bits per heavy atom. The van der Waals surface area contributed by atoms with E-state index in [1.807, 2.05) is 48.6 Å². The van der Waals surface area contributed by atoms with Crippen molar-refractivity contribution in [1.29, 1.82) is 0 Å². The van der Waals surface area contributed by atoms with Gasteiger partial charge in [-0.15, -0.1) is 0 Å². The summed E-state index contributed by atoms with van der Waals surface area (Å²) < 4.78 is 17.7. The Balaban J connectivity index is 1.33. The third kappa shape index (κ3) is 2.74. The molecule has 4 unspecified atom stereocenters. The van der Waals surface area contributed by atoms with E-state index < -0.39 is 11.2 Å². The molecule has 0 bridgehead atoms. The number of benzene rings is 2. The van der Waals surface area contributed by atoms with Gasteiger partial charge in [0, 0.05) is 0 Å². The largest absolute Gasteiger partial charge is 0.376 e. The molecule has 2 aromatic rings. The molecule has 3 nitrogen and oxygen atoms in total. The predicted octanol–water partition coefficient (Wildman–Crippen LogP) is 3.96. The lowest BCUT2D eigenvalue weighted by atomic mass is 9.95. The summed E-state index contributed by atoms with van der Waals surface area (Å²) >= 11 is 0. The molecule has 25 heavy (non-hydrogen) atoms. The van der Waals surface area contributed by atoms with Crippen LogP contribution in [0.3, 0.4) is 0 Å². The van der Waals surface area contributed by atoms with Crippen LogP contribution in [0.15, 0.2) is 86.0 Å². The molecule has 0 saturated carbocycles. The van der Waals surface area contributed by atoms with Crippen molar-refractivity contribution in [3.63, 3.8) is 0 Å². The summed E-state index contributed by atoms with van der Waals surface area (Å²) in [6.07, 6.45) is 3.73. The van der Waals surface area contributed by atoms with Gasteiger partial charge < -0.3 is 14.2 Å². The quantitative estimate of drug-likeness (QED) is 0.541. The maximum atomic E-state index is 5.90. The first-order valence-corrected chi connectivity index (χ1v) is 8.57. The second-order valence-corrected chi connectivity index (χ2v) is 6.48. The van der Waals surface area contributed by atoms with E-state index in [1.165, 1.54) is 0 Å². The lowest BCUT2D eigenvalue weighted by Crippen LogP contribution is -2.18. The van der Waals surface area contributed by atoms with Crippen LogP contribution in [0.2, 0.25) is 0 Å². The van der Waals surface area contributed by atoms with Gasteiger partial charge in [0.05, 0.1) is 13.2 Å². The van der Waals surface area contributed by atoms with Gasteiger partial charge in [-0.3, -0.25) is 0 Å². The van der Waals surface area contributed by atoms with Crippen molar-refractivity contribution >= 4 is 0 Å². The Morgan fingerprint density at radius 1 is 0.760 bits per heavy atom. The fourth-order valence-corrected chi connectivity index (χ4v) is 3.50. The van der Waals surface area contributed by atoms with Crippen molar-refractivity contribution in [2.75, 3.05) is 13.2 Å². The van der Waals surface area contributed by atoms with Crippen LogP contribution >= 0.6 is 0 Å². The zero-order valence-electron chi connectivity index (χ0n) is 14.1. The van der Waals surface area contributed by atoms with Crippen molar-refractivity contribution in [2.45, 2.75) is 23.4 Å². The molecule has 4 atom stereocenters. The van der Waals surface area contributed by atoms with Crippen molar-refractivity contribution in [3.05, 3.63) is 97.1 Å². The van der Waals surface area contributed by atoms with Crippen LogP contribution < -0.4 is 0 Å². The first-order chi connectivity index (χ1) is 12.2. The molecule has 4 rings (SSSR count). The van der Waals surface area contributed by atoms with Crippen LogP contribution in [-0.2, 0) is 25.4 Å². The van der Waals surface area contributed by atoms with E-state index in [-0.39, 0.29) is 12.2 Å². The normalized spacial score (nSPS) is 32.8. The highest BCUT2D eigenvalue weighted by Gasteiger charge is 2.57. The highest BCUT2D eigenvalue weighted by atomic mass is 16.7. The summed E-state index contributed by atoms with van der Waals surface area (Å²) in [5.74, 6) is 0. The molecule has 2 aromatic carbocycles. The second kappa shape index (κ2) is 6.26. The zero-order chi connectivity index (χ0) is 17.3. The Morgan fingerprint density at radius 3 is 1.52 bits per heavy atom. The second-order valence-electron chi connectivity index (χ2n) is 6.48. The van der Waals surface area contributed by atoms with Crippen molar-refractivity contribution < 1.29 is 14.2 Å². The average Bonchev–Trinajstić information content (AvgIpc) is 3.58. The summed E-state index contributed by atoms with van der Waals surface area (Å²) in [6, 6.07) is 20.3. The number of epoxide rings is 2. The van der Waals surface area contributed by atoms with Gasteiger partial charge in [0.25, 0.3) is 0 Å². The lowest BCUT2D eigenvalue weighted by Gasteiger charge is -2.09. The Labute approximate surface area is 148 Å². The van der Waals surface area contributed by atoms with Gasteiger partial charge in [-0.25, -0.2) is 0 Å². The van der Waals surface area contributed by atoms with Crippen LogP contribution in [0.4, 0.5) is 0 Å². The summed E-state index contributed by atoms with van der Waals surface area (Å²) in [6.45, 7) is 8.90. The zero-order valence-corrected chi connectivity index (χ0v) is 14.1. The third-order valence-corrected chi connectivity index (χ3v) is 5.11. The SMILES string of the molecule is C=CC1(c2ccccc2)OC1COCC1OC1(C=C)c1ccccc1. The van der Waals surface area contributed by atoms with E-state index in [4.69, 9.17) is 14.2 Å². The van der Waals surface area contributed by atoms with Gasteiger partial charge in [0.2, 0.25) is 0 Å². The van der Waals surface area contributed by atoms with Crippen LogP contribution in [0, 0.1) is 0 Å². The van der Waals surface area contributed by atoms with E-state index >= 15 is 0 Å². The predicted molar refractivity (Wildman–Crippen MR) is 97.2 cm³/mol. The van der Waals surface area contributed by atoms with Gasteiger partial charge in [-0.1, -0.05) is 86.0 Å². The standard InChI is InChI=1S/C22H22O3/c1-3-21(17-11-7-5-8-12-17)19(24-21)15-23-16-20-22(4-2,25-20)18-13-9-6-10-14-18/h3-14,19-20H,1-2,15-16H2. The molecule has 2 heterocycles. The molecule has 0 radical (unpaired) electrons. The van der Waals surface area contributed by atoms with Crippen LogP contribution in [0.5, 0.6) is 0 Å². The molecule has 3 heteroatoms. The molecule has 0 aromatic heterocycles. The summed E-state index contributed by atoms with van der Waals surface area (Å²) in [4.78, 5) is 0. The summed E-state index contributed by atoms with van der Waals surface area (Å²) in [5.41, 5.74) is 1.40. The fourth-order valence-electron chi connectivity index (χ4n) is 3.50. The monoisotopic (exact) mass is 334 g/mol. The van der Waals surface area contributed by atoms with Crippen molar-refractivity contribution in [3.8, 4) is 0 Å². The molecule has 2 saturated heterocycles.